The number of hydrogen-bond acceptors (Lipinski definition) is 1. The van der Waals surface area contributed by atoms with Crippen molar-refractivity contribution in [3.05, 3.63) is 35.6 Å². The highest BCUT2D eigenvalue weighted by Crippen LogP contribution is 2.33. The number of carbonyl (C=O) groups excluding carboxylic acids is 1. The van der Waals surface area contributed by atoms with Gasteiger partial charge in [-0.2, -0.15) is 0 Å². The summed E-state index contributed by atoms with van der Waals surface area (Å²) in [5.41, 5.74) is 0.245. The number of Topliss-reactive ketones (excluding diaryl/α,β-unsaturated/α-hetero) is 1. The number of carbonyl (C=O) groups is 1. The van der Waals surface area contributed by atoms with Crippen LogP contribution in [0.1, 0.15) is 29.6 Å². The van der Waals surface area contributed by atoms with E-state index in [-0.39, 0.29) is 11.3 Å². The molecule has 1 aromatic carbocycles. The van der Waals surface area contributed by atoms with Gasteiger partial charge in [0, 0.05) is 6.42 Å². The second-order valence-electron chi connectivity index (χ2n) is 3.55. The molecule has 1 nitrogen and oxygen atoms in total. The molecule has 1 aromatic rings. The minimum atomic E-state index is -0.395. The van der Waals surface area contributed by atoms with Crippen molar-refractivity contribution in [2.24, 2.45) is 5.92 Å². The van der Waals surface area contributed by atoms with Crippen LogP contribution in [-0.2, 0) is 0 Å². The zero-order valence-corrected chi connectivity index (χ0v) is 7.29. The first-order chi connectivity index (χ1) is 6.27. The van der Waals surface area contributed by atoms with Gasteiger partial charge in [-0.05, 0) is 30.9 Å². The Morgan fingerprint density at radius 2 is 2.08 bits per heavy atom. The maximum atomic E-state index is 13.1. The Bertz CT molecular complexity index is 329. The minimum absolute atomic E-state index is 0.0550. The molecule has 1 aliphatic carbocycles. The molecule has 0 N–H and O–H groups in total. The number of ketones is 1. The van der Waals surface area contributed by atoms with Crippen LogP contribution in [0.3, 0.4) is 0 Å². The van der Waals surface area contributed by atoms with Gasteiger partial charge in [-0.25, -0.2) is 4.39 Å². The van der Waals surface area contributed by atoms with E-state index in [0.717, 1.165) is 12.8 Å². The van der Waals surface area contributed by atoms with Crippen molar-refractivity contribution in [2.75, 3.05) is 0 Å². The van der Waals surface area contributed by atoms with Gasteiger partial charge in [-0.15, -0.1) is 0 Å². The zero-order valence-electron chi connectivity index (χ0n) is 7.29. The van der Waals surface area contributed by atoms with Gasteiger partial charge in [0.2, 0.25) is 0 Å². The molecule has 13 heavy (non-hydrogen) atoms. The first kappa shape index (κ1) is 8.42. The Hall–Kier alpha value is -1.18. The number of rotatable bonds is 3. The lowest BCUT2D eigenvalue weighted by molar-refractivity contribution is 0.0972. The van der Waals surface area contributed by atoms with Gasteiger partial charge in [-0.1, -0.05) is 12.1 Å². The van der Waals surface area contributed by atoms with Gasteiger partial charge < -0.3 is 0 Å². The molecular formula is C11H11FO. The van der Waals surface area contributed by atoms with Crippen molar-refractivity contribution in [1.82, 2.24) is 0 Å². The molecule has 2 heteroatoms. The highest BCUT2D eigenvalue weighted by atomic mass is 19.1. The molecule has 0 spiro atoms. The monoisotopic (exact) mass is 178 g/mol. The molecule has 0 radical (unpaired) electrons. The average molecular weight is 178 g/mol. The molecule has 1 fully saturated rings. The quantitative estimate of drug-likeness (QED) is 0.650. The standard InChI is InChI=1S/C11H11FO/c12-10-4-2-1-3-9(10)11(13)7-8-5-6-8/h1-4,8H,5-7H2. The third-order valence-electron chi connectivity index (χ3n) is 2.35. The summed E-state index contributed by atoms with van der Waals surface area (Å²) in [7, 11) is 0. The van der Waals surface area contributed by atoms with E-state index in [1.807, 2.05) is 0 Å². The lowest BCUT2D eigenvalue weighted by Gasteiger charge is -2.00. The van der Waals surface area contributed by atoms with Crippen molar-refractivity contribution >= 4 is 5.78 Å². The van der Waals surface area contributed by atoms with Crippen LogP contribution in [0.4, 0.5) is 4.39 Å². The fourth-order valence-electron chi connectivity index (χ4n) is 1.38. The normalized spacial score (nSPS) is 15.8. The van der Waals surface area contributed by atoms with Gasteiger partial charge in [0.05, 0.1) is 5.56 Å². The molecule has 0 bridgehead atoms. The van der Waals surface area contributed by atoms with Crippen molar-refractivity contribution in [2.45, 2.75) is 19.3 Å². The topological polar surface area (TPSA) is 17.1 Å². The predicted molar refractivity (Wildman–Crippen MR) is 48.1 cm³/mol. The van der Waals surface area contributed by atoms with Crippen LogP contribution >= 0.6 is 0 Å². The van der Waals surface area contributed by atoms with Crippen LogP contribution in [0.25, 0.3) is 0 Å². The number of hydrogen-bond donors (Lipinski definition) is 0. The Morgan fingerprint density at radius 3 is 2.69 bits per heavy atom. The maximum Gasteiger partial charge on any atom is 0.166 e. The fourth-order valence-corrected chi connectivity index (χ4v) is 1.38. The molecule has 1 aliphatic rings. The van der Waals surface area contributed by atoms with E-state index in [1.54, 1.807) is 18.2 Å². The lowest BCUT2D eigenvalue weighted by atomic mass is 10.1. The summed E-state index contributed by atoms with van der Waals surface area (Å²) in [6.07, 6.45) is 2.77. The summed E-state index contributed by atoms with van der Waals surface area (Å²) in [5, 5.41) is 0. The largest absolute Gasteiger partial charge is 0.294 e. The summed E-state index contributed by atoms with van der Waals surface area (Å²) in [5.74, 6) is 0.0702. The first-order valence-corrected chi connectivity index (χ1v) is 4.55. The molecule has 1 saturated carbocycles. The van der Waals surface area contributed by atoms with Gasteiger partial charge in [0.25, 0.3) is 0 Å². The van der Waals surface area contributed by atoms with Crippen LogP contribution in [0.15, 0.2) is 24.3 Å². The fraction of sp³-hybridized carbons (Fsp3) is 0.364. The van der Waals surface area contributed by atoms with Gasteiger partial charge in [0.1, 0.15) is 5.82 Å². The number of halogens is 1. The second-order valence-corrected chi connectivity index (χ2v) is 3.55. The third kappa shape index (κ3) is 1.94. The Balaban J connectivity index is 2.13. The van der Waals surface area contributed by atoms with Crippen LogP contribution < -0.4 is 0 Å². The van der Waals surface area contributed by atoms with Crippen molar-refractivity contribution < 1.29 is 9.18 Å². The average Bonchev–Trinajstić information content (AvgIpc) is 2.89. The molecule has 0 amide bonds. The maximum absolute atomic E-state index is 13.1. The van der Waals surface area contributed by atoms with Crippen molar-refractivity contribution in [3.8, 4) is 0 Å². The van der Waals surface area contributed by atoms with E-state index in [0.29, 0.717) is 12.3 Å². The molecule has 0 atom stereocenters. The second kappa shape index (κ2) is 3.29. The first-order valence-electron chi connectivity index (χ1n) is 4.55. The summed E-state index contributed by atoms with van der Waals surface area (Å²) >= 11 is 0. The van der Waals surface area contributed by atoms with E-state index in [9.17, 15) is 9.18 Å². The molecule has 68 valence electrons. The summed E-state index contributed by atoms with van der Waals surface area (Å²) in [4.78, 5) is 11.5. The predicted octanol–water partition coefficient (Wildman–Crippen LogP) is 2.81. The van der Waals surface area contributed by atoms with Crippen LogP contribution in [-0.4, -0.2) is 5.78 Å². The van der Waals surface area contributed by atoms with E-state index >= 15 is 0 Å². The highest BCUT2D eigenvalue weighted by Gasteiger charge is 2.25. The Morgan fingerprint density at radius 1 is 1.38 bits per heavy atom. The third-order valence-corrected chi connectivity index (χ3v) is 2.35. The van der Waals surface area contributed by atoms with E-state index in [2.05, 4.69) is 0 Å². The Labute approximate surface area is 76.6 Å². The molecule has 2 rings (SSSR count). The smallest absolute Gasteiger partial charge is 0.166 e. The molecule has 0 heterocycles. The molecule has 0 unspecified atom stereocenters. The van der Waals surface area contributed by atoms with Crippen LogP contribution in [0, 0.1) is 11.7 Å². The summed E-state index contributed by atoms with van der Waals surface area (Å²) in [6, 6.07) is 6.19. The SMILES string of the molecule is O=C(CC1CC1)c1ccccc1F. The summed E-state index contributed by atoms with van der Waals surface area (Å²) in [6.45, 7) is 0. The summed E-state index contributed by atoms with van der Waals surface area (Å²) < 4.78 is 13.1. The Kier molecular flexibility index (Phi) is 2.13. The van der Waals surface area contributed by atoms with Crippen LogP contribution in [0.5, 0.6) is 0 Å². The highest BCUT2D eigenvalue weighted by molar-refractivity contribution is 5.96. The minimum Gasteiger partial charge on any atom is -0.294 e. The zero-order chi connectivity index (χ0) is 9.26. The van der Waals surface area contributed by atoms with Gasteiger partial charge in [0.15, 0.2) is 5.78 Å². The molecule has 0 saturated heterocycles. The number of benzene rings is 1. The van der Waals surface area contributed by atoms with E-state index < -0.39 is 5.82 Å². The van der Waals surface area contributed by atoms with Crippen molar-refractivity contribution in [3.63, 3.8) is 0 Å². The van der Waals surface area contributed by atoms with E-state index in [1.165, 1.54) is 6.07 Å². The molecule has 0 aromatic heterocycles. The van der Waals surface area contributed by atoms with Crippen LogP contribution in [0.2, 0.25) is 0 Å². The molecular weight excluding hydrogens is 167 g/mol. The molecule has 0 aliphatic heterocycles. The van der Waals surface area contributed by atoms with Crippen molar-refractivity contribution in [1.29, 1.82) is 0 Å². The van der Waals surface area contributed by atoms with Gasteiger partial charge >= 0.3 is 0 Å². The lowest BCUT2D eigenvalue weighted by Crippen LogP contribution is -2.02. The van der Waals surface area contributed by atoms with Gasteiger partial charge in [-0.3, -0.25) is 4.79 Å². The van der Waals surface area contributed by atoms with E-state index in [4.69, 9.17) is 0 Å².